The van der Waals surface area contributed by atoms with Crippen LogP contribution in [0.4, 0.5) is 5.69 Å². The Balaban J connectivity index is 1.85. The van der Waals surface area contributed by atoms with E-state index in [0.717, 1.165) is 36.1 Å². The summed E-state index contributed by atoms with van der Waals surface area (Å²) in [5, 5.41) is 1.76. The van der Waals surface area contributed by atoms with Gasteiger partial charge in [-0.1, -0.05) is 30.2 Å². The van der Waals surface area contributed by atoms with Crippen LogP contribution in [0.3, 0.4) is 0 Å². The lowest BCUT2D eigenvalue weighted by atomic mass is 10.1. The molecule has 0 unspecified atom stereocenters. The van der Waals surface area contributed by atoms with Crippen molar-refractivity contribution < 1.29 is 13.2 Å². The monoisotopic (exact) mass is 415 g/mol. The number of piperidine rings is 1. The summed E-state index contributed by atoms with van der Waals surface area (Å²) in [6.45, 7) is 7.43. The first-order chi connectivity index (χ1) is 13.8. The molecule has 6 nitrogen and oxygen atoms in total. The van der Waals surface area contributed by atoms with Crippen molar-refractivity contribution in [1.82, 2.24) is 9.73 Å². The average Bonchev–Trinajstić information content (AvgIpc) is 2.73. The van der Waals surface area contributed by atoms with E-state index in [1.165, 1.54) is 10.4 Å². The highest BCUT2D eigenvalue weighted by atomic mass is 32.2. The van der Waals surface area contributed by atoms with Crippen molar-refractivity contribution in [3.63, 3.8) is 0 Å². The highest BCUT2D eigenvalue weighted by molar-refractivity contribution is 7.89. The number of anilines is 1. The number of hydrogen-bond acceptors (Lipinski definition) is 4. The van der Waals surface area contributed by atoms with E-state index in [-0.39, 0.29) is 10.8 Å². The second-order valence-electron chi connectivity index (χ2n) is 7.46. The Kier molecular flexibility index (Phi) is 6.59. The summed E-state index contributed by atoms with van der Waals surface area (Å²) in [4.78, 5) is 13.1. The van der Waals surface area contributed by atoms with Crippen LogP contribution >= 0.6 is 0 Å². The zero-order valence-corrected chi connectivity index (χ0v) is 18.1. The maximum absolute atomic E-state index is 13.0. The lowest BCUT2D eigenvalue weighted by Crippen LogP contribution is -2.42. The van der Waals surface area contributed by atoms with Gasteiger partial charge in [-0.2, -0.15) is 4.31 Å². The Bertz CT molecular complexity index is 965. The SMILES string of the molecule is CCN(NC(=O)c1cc(S(=O)(=O)N2CCCCC2)ccc1C)c1ccc(C)cc1. The van der Waals surface area contributed by atoms with Gasteiger partial charge in [0.2, 0.25) is 10.0 Å². The number of sulfonamides is 1. The molecule has 1 N–H and O–H groups in total. The summed E-state index contributed by atoms with van der Waals surface area (Å²) in [6, 6.07) is 12.7. The van der Waals surface area contributed by atoms with Gasteiger partial charge in [0.15, 0.2) is 0 Å². The van der Waals surface area contributed by atoms with Gasteiger partial charge in [-0.25, -0.2) is 8.42 Å². The van der Waals surface area contributed by atoms with Gasteiger partial charge in [-0.05, 0) is 63.4 Å². The molecule has 156 valence electrons. The Morgan fingerprint density at radius 1 is 1.03 bits per heavy atom. The third kappa shape index (κ3) is 4.79. The number of nitrogens with one attached hydrogen (secondary N) is 1. The molecule has 0 saturated carbocycles. The van der Waals surface area contributed by atoms with Crippen LogP contribution in [0, 0.1) is 13.8 Å². The number of aryl methyl sites for hydroxylation is 2. The van der Waals surface area contributed by atoms with Crippen LogP contribution in [0.25, 0.3) is 0 Å². The molecule has 1 fully saturated rings. The molecule has 7 heteroatoms. The first-order valence-electron chi connectivity index (χ1n) is 10.1. The van der Waals surface area contributed by atoms with Crippen molar-refractivity contribution in [3.8, 4) is 0 Å². The summed E-state index contributed by atoms with van der Waals surface area (Å²) in [5.41, 5.74) is 6.03. The topological polar surface area (TPSA) is 69.7 Å². The average molecular weight is 416 g/mol. The Hall–Kier alpha value is -2.38. The van der Waals surface area contributed by atoms with Gasteiger partial charge in [0.25, 0.3) is 5.91 Å². The number of benzene rings is 2. The molecule has 1 heterocycles. The summed E-state index contributed by atoms with van der Waals surface area (Å²) >= 11 is 0. The van der Waals surface area contributed by atoms with Gasteiger partial charge >= 0.3 is 0 Å². The summed E-state index contributed by atoms with van der Waals surface area (Å²) < 4.78 is 27.5. The quantitative estimate of drug-likeness (QED) is 0.731. The van der Waals surface area contributed by atoms with E-state index in [9.17, 15) is 13.2 Å². The molecule has 0 spiro atoms. The molecule has 29 heavy (non-hydrogen) atoms. The summed E-state index contributed by atoms with van der Waals surface area (Å²) in [7, 11) is -3.59. The highest BCUT2D eigenvalue weighted by Crippen LogP contribution is 2.23. The fourth-order valence-corrected chi connectivity index (χ4v) is 5.04. The molecule has 0 aromatic heterocycles. The zero-order chi connectivity index (χ0) is 21.0. The number of rotatable bonds is 6. The molecule has 0 atom stereocenters. The third-order valence-electron chi connectivity index (χ3n) is 5.30. The second kappa shape index (κ2) is 8.97. The Morgan fingerprint density at radius 2 is 1.69 bits per heavy atom. The summed E-state index contributed by atoms with van der Waals surface area (Å²) in [5.74, 6) is -0.319. The van der Waals surface area contributed by atoms with Crippen LogP contribution in [0.5, 0.6) is 0 Å². The number of hydrazine groups is 1. The van der Waals surface area contributed by atoms with Gasteiger partial charge in [-0.15, -0.1) is 0 Å². The fraction of sp³-hybridized carbons (Fsp3) is 0.409. The Labute approximate surface area is 173 Å². The minimum atomic E-state index is -3.59. The molecular weight excluding hydrogens is 386 g/mol. The number of carbonyl (C=O) groups is 1. The molecule has 1 saturated heterocycles. The van der Waals surface area contributed by atoms with Crippen molar-refractivity contribution in [2.24, 2.45) is 0 Å². The molecular formula is C22H29N3O3S. The van der Waals surface area contributed by atoms with Gasteiger partial charge in [0, 0.05) is 25.2 Å². The fourth-order valence-electron chi connectivity index (χ4n) is 3.49. The van der Waals surface area contributed by atoms with Gasteiger partial charge < -0.3 is 0 Å². The standard InChI is InChI=1S/C22H29N3O3S/c1-4-25(19-11-8-17(2)9-12-19)23-22(26)21-16-20(13-10-18(21)3)29(27,28)24-14-6-5-7-15-24/h8-13,16H,4-7,14-15H2,1-3H3,(H,23,26). The van der Waals surface area contributed by atoms with E-state index in [2.05, 4.69) is 5.43 Å². The first kappa shape index (κ1) is 21.3. The van der Waals surface area contributed by atoms with E-state index in [1.807, 2.05) is 45.0 Å². The molecule has 0 bridgehead atoms. The Morgan fingerprint density at radius 3 is 2.31 bits per heavy atom. The molecule has 1 aliphatic heterocycles. The maximum atomic E-state index is 13.0. The van der Waals surface area contributed by atoms with Crippen molar-refractivity contribution in [1.29, 1.82) is 0 Å². The van der Waals surface area contributed by atoms with Crippen LogP contribution in [0.2, 0.25) is 0 Å². The molecule has 2 aromatic rings. The summed E-state index contributed by atoms with van der Waals surface area (Å²) in [6.07, 6.45) is 2.81. The normalized spacial score (nSPS) is 15.1. The van der Waals surface area contributed by atoms with Gasteiger partial charge in [0.05, 0.1) is 10.6 Å². The minimum Gasteiger partial charge on any atom is -0.286 e. The van der Waals surface area contributed by atoms with Crippen molar-refractivity contribution in [3.05, 3.63) is 59.2 Å². The molecule has 2 aromatic carbocycles. The van der Waals surface area contributed by atoms with Gasteiger partial charge in [0.1, 0.15) is 0 Å². The van der Waals surface area contributed by atoms with Crippen LogP contribution in [0.1, 0.15) is 47.7 Å². The van der Waals surface area contributed by atoms with Gasteiger partial charge in [-0.3, -0.25) is 15.2 Å². The number of hydrogen-bond donors (Lipinski definition) is 1. The largest absolute Gasteiger partial charge is 0.286 e. The number of nitrogens with zero attached hydrogens (tertiary/aromatic N) is 2. The van der Waals surface area contributed by atoms with Crippen LogP contribution in [0.15, 0.2) is 47.4 Å². The third-order valence-corrected chi connectivity index (χ3v) is 7.20. The predicted octanol–water partition coefficient (Wildman–Crippen LogP) is 3.65. The first-order valence-corrected chi connectivity index (χ1v) is 11.5. The minimum absolute atomic E-state index is 0.175. The zero-order valence-electron chi connectivity index (χ0n) is 17.3. The maximum Gasteiger partial charge on any atom is 0.270 e. The number of amides is 1. The van der Waals surface area contributed by atoms with Crippen LogP contribution < -0.4 is 10.4 Å². The predicted molar refractivity (Wildman–Crippen MR) is 115 cm³/mol. The number of carbonyl (C=O) groups excluding carboxylic acids is 1. The van der Waals surface area contributed by atoms with Crippen molar-refractivity contribution in [2.45, 2.75) is 44.9 Å². The van der Waals surface area contributed by atoms with Crippen molar-refractivity contribution in [2.75, 3.05) is 24.6 Å². The molecule has 1 aliphatic rings. The van der Waals surface area contributed by atoms with E-state index in [0.29, 0.717) is 25.2 Å². The molecule has 0 radical (unpaired) electrons. The van der Waals surface area contributed by atoms with E-state index in [4.69, 9.17) is 0 Å². The van der Waals surface area contributed by atoms with Crippen molar-refractivity contribution >= 4 is 21.6 Å². The lowest BCUT2D eigenvalue weighted by Gasteiger charge is -2.26. The molecule has 1 amide bonds. The van der Waals surface area contributed by atoms with Crippen LogP contribution in [-0.4, -0.2) is 38.3 Å². The van der Waals surface area contributed by atoms with E-state index in [1.54, 1.807) is 17.1 Å². The van der Waals surface area contributed by atoms with Crippen LogP contribution in [-0.2, 0) is 10.0 Å². The second-order valence-corrected chi connectivity index (χ2v) is 9.40. The smallest absolute Gasteiger partial charge is 0.270 e. The van der Waals surface area contributed by atoms with E-state index >= 15 is 0 Å². The highest BCUT2D eigenvalue weighted by Gasteiger charge is 2.27. The van der Waals surface area contributed by atoms with E-state index < -0.39 is 10.0 Å². The lowest BCUT2D eigenvalue weighted by molar-refractivity contribution is 0.0948. The molecule has 0 aliphatic carbocycles. The molecule has 3 rings (SSSR count).